The first-order valence-electron chi connectivity index (χ1n) is 7.53. The van der Waals surface area contributed by atoms with Crippen molar-refractivity contribution in [3.8, 4) is 5.75 Å². The van der Waals surface area contributed by atoms with Crippen molar-refractivity contribution >= 4 is 34.9 Å². The second-order valence-electron chi connectivity index (χ2n) is 4.93. The Balaban J connectivity index is 2.99. The van der Waals surface area contributed by atoms with Crippen LogP contribution in [-0.2, 0) is 16.0 Å². The average molecular weight is 363 g/mol. The van der Waals surface area contributed by atoms with Crippen LogP contribution in [0.5, 0.6) is 5.75 Å². The predicted octanol–water partition coefficient (Wildman–Crippen LogP) is 2.41. The number of rotatable bonds is 10. The number of nitrogens with zero attached hydrogens (tertiary/aromatic N) is 1. The Morgan fingerprint density at radius 2 is 1.96 bits per heavy atom. The van der Waals surface area contributed by atoms with E-state index < -0.39 is 12.0 Å². The van der Waals surface area contributed by atoms with Crippen LogP contribution in [0.15, 0.2) is 18.2 Å². The molecule has 0 amide bonds. The minimum Gasteiger partial charge on any atom is -0.495 e. The van der Waals surface area contributed by atoms with Gasteiger partial charge < -0.3 is 20.1 Å². The highest BCUT2D eigenvalue weighted by molar-refractivity contribution is 6.18. The Morgan fingerprint density at radius 1 is 1.30 bits per heavy atom. The van der Waals surface area contributed by atoms with Crippen LogP contribution < -0.4 is 15.4 Å². The number of benzene rings is 1. The van der Waals surface area contributed by atoms with E-state index >= 15 is 0 Å². The lowest BCUT2D eigenvalue weighted by Crippen LogP contribution is -2.34. The lowest BCUT2D eigenvalue weighted by molar-refractivity contribution is -0.144. The highest BCUT2D eigenvalue weighted by Crippen LogP contribution is 2.30. The first kappa shape index (κ1) is 19.9. The molecule has 2 N–H and O–H groups in total. The van der Waals surface area contributed by atoms with E-state index in [1.807, 2.05) is 18.2 Å². The number of hydrogen-bond donors (Lipinski definition) is 1. The third kappa shape index (κ3) is 6.09. The maximum absolute atomic E-state index is 11.7. The van der Waals surface area contributed by atoms with Gasteiger partial charge in [-0.15, -0.1) is 23.2 Å². The van der Waals surface area contributed by atoms with E-state index in [-0.39, 0.29) is 0 Å². The minimum atomic E-state index is -0.689. The van der Waals surface area contributed by atoms with Crippen LogP contribution in [0, 0.1) is 0 Å². The third-order valence-electron chi connectivity index (χ3n) is 3.34. The summed E-state index contributed by atoms with van der Waals surface area (Å²) in [6, 6.07) is 5.02. The van der Waals surface area contributed by atoms with E-state index in [4.69, 9.17) is 38.4 Å². The molecule has 0 saturated carbocycles. The molecule has 0 spiro atoms. The molecule has 1 rings (SSSR count). The Kier molecular flexibility index (Phi) is 9.14. The molecular weight excluding hydrogens is 339 g/mol. The van der Waals surface area contributed by atoms with Gasteiger partial charge >= 0.3 is 5.97 Å². The number of hydrogen-bond acceptors (Lipinski definition) is 5. The molecule has 0 radical (unpaired) electrons. The molecule has 7 heteroatoms. The molecule has 23 heavy (non-hydrogen) atoms. The smallest absolute Gasteiger partial charge is 0.323 e. The maximum atomic E-state index is 11.7. The zero-order chi connectivity index (χ0) is 17.2. The number of alkyl halides is 2. The monoisotopic (exact) mass is 362 g/mol. The molecular formula is C16H24Cl2N2O3. The minimum absolute atomic E-state index is 0.319. The second-order valence-corrected chi connectivity index (χ2v) is 5.69. The number of esters is 1. The molecule has 0 aliphatic heterocycles. The standard InChI is InChI=1S/C16H24Cl2N2O3/c1-3-23-16(21)13(19)10-12-4-5-15(22-2)14(11-12)20(8-6-17)9-7-18/h4-5,11,13H,3,6-10,19H2,1-2H3/t13-/m0/s1. The predicted molar refractivity (Wildman–Crippen MR) is 95.0 cm³/mol. The summed E-state index contributed by atoms with van der Waals surface area (Å²) >= 11 is 11.7. The molecule has 0 aromatic heterocycles. The van der Waals surface area contributed by atoms with E-state index in [9.17, 15) is 4.79 Å². The van der Waals surface area contributed by atoms with Crippen molar-refractivity contribution < 1.29 is 14.3 Å². The van der Waals surface area contributed by atoms with E-state index in [2.05, 4.69) is 4.90 Å². The Morgan fingerprint density at radius 3 is 2.48 bits per heavy atom. The van der Waals surface area contributed by atoms with Crippen molar-refractivity contribution in [1.29, 1.82) is 0 Å². The number of carbonyl (C=O) groups excluding carboxylic acids is 1. The first-order valence-corrected chi connectivity index (χ1v) is 8.60. The van der Waals surface area contributed by atoms with Crippen LogP contribution in [0.2, 0.25) is 0 Å². The number of halogens is 2. The van der Waals surface area contributed by atoms with Crippen LogP contribution in [0.3, 0.4) is 0 Å². The molecule has 0 fully saturated rings. The molecule has 1 atom stereocenters. The van der Waals surface area contributed by atoms with Crippen molar-refractivity contribution in [2.24, 2.45) is 5.73 Å². The summed E-state index contributed by atoms with van der Waals surface area (Å²) in [5, 5.41) is 0. The van der Waals surface area contributed by atoms with Gasteiger partial charge in [0, 0.05) is 24.8 Å². The van der Waals surface area contributed by atoms with Gasteiger partial charge in [0.25, 0.3) is 0 Å². The quantitative estimate of drug-likeness (QED) is 0.511. The van der Waals surface area contributed by atoms with Crippen LogP contribution >= 0.6 is 23.2 Å². The molecule has 0 unspecified atom stereocenters. The van der Waals surface area contributed by atoms with Crippen LogP contribution in [0.1, 0.15) is 12.5 Å². The molecule has 1 aromatic carbocycles. The van der Waals surface area contributed by atoms with Crippen LogP contribution in [-0.4, -0.2) is 50.6 Å². The highest BCUT2D eigenvalue weighted by Gasteiger charge is 2.18. The number of methoxy groups -OCH3 is 1. The fourth-order valence-electron chi connectivity index (χ4n) is 2.25. The largest absolute Gasteiger partial charge is 0.495 e. The van der Waals surface area contributed by atoms with Gasteiger partial charge in [0.15, 0.2) is 0 Å². The van der Waals surface area contributed by atoms with E-state index in [0.29, 0.717) is 37.9 Å². The molecule has 0 heterocycles. The summed E-state index contributed by atoms with van der Waals surface area (Å²) in [5.41, 5.74) is 7.71. The molecule has 0 aliphatic carbocycles. The summed E-state index contributed by atoms with van der Waals surface area (Å²) in [6.45, 7) is 3.38. The topological polar surface area (TPSA) is 64.8 Å². The van der Waals surface area contributed by atoms with E-state index in [1.54, 1.807) is 14.0 Å². The SMILES string of the molecule is CCOC(=O)[C@@H](N)Cc1ccc(OC)c(N(CCCl)CCCl)c1. The number of ether oxygens (including phenoxy) is 2. The number of nitrogens with two attached hydrogens (primary N) is 1. The first-order chi connectivity index (χ1) is 11.1. The molecule has 5 nitrogen and oxygen atoms in total. The second kappa shape index (κ2) is 10.6. The summed E-state index contributed by atoms with van der Waals surface area (Å²) in [5.74, 6) is 1.29. The van der Waals surface area contributed by atoms with Gasteiger partial charge in [-0.05, 0) is 31.0 Å². The molecule has 1 aromatic rings. The summed E-state index contributed by atoms with van der Waals surface area (Å²) < 4.78 is 10.4. The summed E-state index contributed by atoms with van der Waals surface area (Å²) in [6.07, 6.45) is 0.394. The zero-order valence-corrected chi connectivity index (χ0v) is 15.1. The molecule has 130 valence electrons. The van der Waals surface area contributed by atoms with E-state index in [1.165, 1.54) is 0 Å². The lowest BCUT2D eigenvalue weighted by atomic mass is 10.0. The van der Waals surface area contributed by atoms with Crippen LogP contribution in [0.4, 0.5) is 5.69 Å². The van der Waals surface area contributed by atoms with Crippen molar-refractivity contribution in [2.45, 2.75) is 19.4 Å². The van der Waals surface area contributed by atoms with Gasteiger partial charge in [0.2, 0.25) is 0 Å². The Labute approximate surface area is 147 Å². The molecule has 0 bridgehead atoms. The third-order valence-corrected chi connectivity index (χ3v) is 3.68. The lowest BCUT2D eigenvalue weighted by Gasteiger charge is -2.25. The van der Waals surface area contributed by atoms with Gasteiger partial charge in [0.1, 0.15) is 11.8 Å². The Bertz CT molecular complexity index is 494. The van der Waals surface area contributed by atoms with Gasteiger partial charge in [-0.1, -0.05) is 6.07 Å². The fourth-order valence-corrected chi connectivity index (χ4v) is 2.66. The van der Waals surface area contributed by atoms with Gasteiger partial charge in [-0.25, -0.2) is 0 Å². The zero-order valence-electron chi connectivity index (χ0n) is 13.6. The van der Waals surface area contributed by atoms with Gasteiger partial charge in [-0.3, -0.25) is 4.79 Å². The highest BCUT2D eigenvalue weighted by atomic mass is 35.5. The van der Waals surface area contributed by atoms with Crippen molar-refractivity contribution in [2.75, 3.05) is 43.5 Å². The average Bonchev–Trinajstić information content (AvgIpc) is 2.54. The number of anilines is 1. The fraction of sp³-hybridized carbons (Fsp3) is 0.562. The van der Waals surface area contributed by atoms with E-state index in [0.717, 1.165) is 17.0 Å². The van der Waals surface area contributed by atoms with Crippen molar-refractivity contribution in [3.63, 3.8) is 0 Å². The normalized spacial score (nSPS) is 11.9. The van der Waals surface area contributed by atoms with Gasteiger partial charge in [-0.2, -0.15) is 0 Å². The number of carbonyl (C=O) groups is 1. The molecule has 0 aliphatic rings. The van der Waals surface area contributed by atoms with Crippen molar-refractivity contribution in [3.05, 3.63) is 23.8 Å². The summed E-state index contributed by atoms with van der Waals surface area (Å²) in [7, 11) is 1.61. The maximum Gasteiger partial charge on any atom is 0.323 e. The Hall–Kier alpha value is -1.17. The van der Waals surface area contributed by atoms with Crippen molar-refractivity contribution in [1.82, 2.24) is 0 Å². The molecule has 0 saturated heterocycles. The van der Waals surface area contributed by atoms with Crippen LogP contribution in [0.25, 0.3) is 0 Å². The summed E-state index contributed by atoms with van der Waals surface area (Å²) in [4.78, 5) is 13.7. The van der Waals surface area contributed by atoms with Gasteiger partial charge in [0.05, 0.1) is 19.4 Å².